The van der Waals surface area contributed by atoms with Gasteiger partial charge in [-0.05, 0) is 59.9 Å². The van der Waals surface area contributed by atoms with Crippen LogP contribution in [0.15, 0.2) is 22.7 Å². The van der Waals surface area contributed by atoms with Crippen LogP contribution < -0.4 is 0 Å². The van der Waals surface area contributed by atoms with Crippen LogP contribution in [0.1, 0.15) is 31.7 Å². The van der Waals surface area contributed by atoms with E-state index in [1.807, 2.05) is 12.1 Å². The van der Waals surface area contributed by atoms with Crippen molar-refractivity contribution < 1.29 is 5.11 Å². The maximum absolute atomic E-state index is 9.59. The highest BCUT2D eigenvalue weighted by Gasteiger charge is 2.32. The van der Waals surface area contributed by atoms with Crippen LogP contribution in [0.3, 0.4) is 0 Å². The van der Waals surface area contributed by atoms with Crippen LogP contribution in [0.2, 0.25) is 0 Å². The summed E-state index contributed by atoms with van der Waals surface area (Å²) < 4.78 is 0.791. The minimum Gasteiger partial charge on any atom is -0.507 e. The number of phenols is 1. The molecule has 3 nitrogen and oxygen atoms in total. The molecule has 0 radical (unpaired) electrons. The molecule has 1 N–H and O–H groups in total. The molecule has 1 aromatic rings. The van der Waals surface area contributed by atoms with Crippen LogP contribution in [-0.2, 0) is 6.54 Å². The Kier molecular flexibility index (Phi) is 4.34. The second kappa shape index (κ2) is 6.04. The molecule has 2 saturated heterocycles. The second-order valence-corrected chi connectivity index (χ2v) is 7.06. The van der Waals surface area contributed by atoms with Crippen molar-refractivity contribution in [1.29, 1.82) is 0 Å². The van der Waals surface area contributed by atoms with Gasteiger partial charge in [-0.2, -0.15) is 0 Å². The maximum atomic E-state index is 9.59. The van der Waals surface area contributed by atoms with Gasteiger partial charge in [0, 0.05) is 31.7 Å². The van der Waals surface area contributed by atoms with Gasteiger partial charge in [0.1, 0.15) is 5.75 Å². The molecule has 2 fully saturated rings. The third-order valence-electron chi connectivity index (χ3n) is 4.71. The lowest BCUT2D eigenvalue weighted by molar-refractivity contribution is 0.0111. The fourth-order valence-corrected chi connectivity index (χ4v) is 3.94. The Morgan fingerprint density at radius 3 is 2.95 bits per heavy atom. The molecule has 2 unspecified atom stereocenters. The summed E-state index contributed by atoms with van der Waals surface area (Å²) in [5.41, 5.74) is 1.27. The lowest BCUT2D eigenvalue weighted by atomic mass is 9.97. The van der Waals surface area contributed by atoms with Gasteiger partial charge in [-0.25, -0.2) is 0 Å². The van der Waals surface area contributed by atoms with Crippen molar-refractivity contribution in [2.75, 3.05) is 19.6 Å². The first-order chi connectivity index (χ1) is 9.63. The summed E-state index contributed by atoms with van der Waals surface area (Å²) in [5.74, 6) is 0.318. The molecule has 20 heavy (non-hydrogen) atoms. The topological polar surface area (TPSA) is 26.7 Å². The highest BCUT2D eigenvalue weighted by molar-refractivity contribution is 9.10. The molecule has 4 heteroatoms. The van der Waals surface area contributed by atoms with E-state index >= 15 is 0 Å². The van der Waals surface area contributed by atoms with Gasteiger partial charge < -0.3 is 5.11 Å². The van der Waals surface area contributed by atoms with Crippen LogP contribution in [0.25, 0.3) is 0 Å². The summed E-state index contributed by atoms with van der Waals surface area (Å²) in [6.45, 7) is 6.97. The van der Waals surface area contributed by atoms with E-state index in [0.717, 1.165) is 17.1 Å². The lowest BCUT2D eigenvalue weighted by Gasteiger charge is -2.47. The van der Waals surface area contributed by atoms with Gasteiger partial charge >= 0.3 is 0 Å². The van der Waals surface area contributed by atoms with Crippen molar-refractivity contribution >= 4 is 15.9 Å². The van der Waals surface area contributed by atoms with Crippen LogP contribution in [-0.4, -0.2) is 46.6 Å². The first-order valence-corrected chi connectivity index (χ1v) is 8.38. The van der Waals surface area contributed by atoms with Crippen molar-refractivity contribution in [3.63, 3.8) is 0 Å². The maximum Gasteiger partial charge on any atom is 0.129 e. The summed E-state index contributed by atoms with van der Waals surface area (Å²) in [6, 6.07) is 7.20. The van der Waals surface area contributed by atoms with E-state index in [1.165, 1.54) is 44.5 Å². The molecule has 110 valence electrons. The van der Waals surface area contributed by atoms with Crippen LogP contribution in [0.4, 0.5) is 0 Å². The predicted molar refractivity (Wildman–Crippen MR) is 84.9 cm³/mol. The van der Waals surface area contributed by atoms with Gasteiger partial charge in [-0.15, -0.1) is 0 Å². The number of fused-ring (bicyclic) bond motifs is 1. The zero-order valence-corrected chi connectivity index (χ0v) is 13.6. The van der Waals surface area contributed by atoms with Gasteiger partial charge in [0.15, 0.2) is 0 Å². The molecule has 2 aliphatic rings. The molecule has 2 aliphatic heterocycles. The zero-order chi connectivity index (χ0) is 14.1. The zero-order valence-electron chi connectivity index (χ0n) is 12.1. The molecule has 0 amide bonds. The van der Waals surface area contributed by atoms with Gasteiger partial charge in [0.25, 0.3) is 0 Å². The summed E-state index contributed by atoms with van der Waals surface area (Å²) in [5, 5.41) is 9.59. The summed E-state index contributed by atoms with van der Waals surface area (Å²) in [6.07, 6.45) is 4.10. The standard InChI is InChI=1S/C16H23BrN2O/c1-12-9-18-7-3-2-4-14(18)11-19(12)10-13-5-6-16(20)15(17)8-13/h5-6,8,12,14,20H,2-4,7,9-11H2,1H3. The number of rotatable bonds is 2. The van der Waals surface area contributed by atoms with Crippen molar-refractivity contribution in [3.05, 3.63) is 28.2 Å². The van der Waals surface area contributed by atoms with Crippen molar-refractivity contribution in [3.8, 4) is 5.75 Å². The molecular formula is C16H23BrN2O. The summed E-state index contributed by atoms with van der Waals surface area (Å²) in [4.78, 5) is 5.27. The Morgan fingerprint density at radius 1 is 1.30 bits per heavy atom. The number of piperazine rings is 1. The third kappa shape index (κ3) is 3.02. The first kappa shape index (κ1) is 14.4. The Balaban J connectivity index is 1.68. The van der Waals surface area contributed by atoms with E-state index in [9.17, 15) is 5.11 Å². The van der Waals surface area contributed by atoms with Gasteiger partial charge in [-0.1, -0.05) is 12.5 Å². The molecule has 0 aromatic heterocycles. The number of piperidine rings is 1. The van der Waals surface area contributed by atoms with E-state index in [-0.39, 0.29) is 0 Å². The van der Waals surface area contributed by atoms with Crippen molar-refractivity contribution in [2.24, 2.45) is 0 Å². The minimum atomic E-state index is 0.318. The quantitative estimate of drug-likeness (QED) is 0.896. The number of hydrogen-bond donors (Lipinski definition) is 1. The van der Waals surface area contributed by atoms with Gasteiger partial charge in [0.05, 0.1) is 4.47 Å². The molecule has 0 aliphatic carbocycles. The van der Waals surface area contributed by atoms with Gasteiger partial charge in [0.2, 0.25) is 0 Å². The van der Waals surface area contributed by atoms with Crippen LogP contribution in [0, 0.1) is 0 Å². The molecule has 3 rings (SSSR count). The number of hydrogen-bond acceptors (Lipinski definition) is 3. The first-order valence-electron chi connectivity index (χ1n) is 7.59. The second-order valence-electron chi connectivity index (χ2n) is 6.21. The molecule has 1 aromatic carbocycles. The van der Waals surface area contributed by atoms with E-state index in [0.29, 0.717) is 11.8 Å². The molecule has 2 heterocycles. The van der Waals surface area contributed by atoms with E-state index in [1.54, 1.807) is 6.07 Å². The number of nitrogens with zero attached hydrogens (tertiary/aromatic N) is 2. The van der Waals surface area contributed by atoms with Crippen LogP contribution >= 0.6 is 15.9 Å². The molecule has 0 spiro atoms. The Hall–Kier alpha value is -0.580. The highest BCUT2D eigenvalue weighted by Crippen LogP contribution is 2.28. The average molecular weight is 339 g/mol. The van der Waals surface area contributed by atoms with E-state index in [4.69, 9.17) is 0 Å². The van der Waals surface area contributed by atoms with Crippen molar-refractivity contribution in [1.82, 2.24) is 9.80 Å². The highest BCUT2D eigenvalue weighted by atomic mass is 79.9. The van der Waals surface area contributed by atoms with E-state index in [2.05, 4.69) is 32.7 Å². The fourth-order valence-electron chi connectivity index (χ4n) is 3.52. The summed E-state index contributed by atoms with van der Waals surface area (Å²) in [7, 11) is 0. The van der Waals surface area contributed by atoms with Gasteiger partial charge in [-0.3, -0.25) is 9.80 Å². The number of halogens is 1. The fraction of sp³-hybridized carbons (Fsp3) is 0.625. The number of aromatic hydroxyl groups is 1. The normalized spacial score (nSPS) is 28.3. The lowest BCUT2D eigenvalue weighted by Crippen LogP contribution is -2.58. The number of benzene rings is 1. The largest absolute Gasteiger partial charge is 0.507 e. The SMILES string of the molecule is CC1CN2CCCCC2CN1Cc1ccc(O)c(Br)c1. The Morgan fingerprint density at radius 2 is 2.15 bits per heavy atom. The van der Waals surface area contributed by atoms with E-state index < -0.39 is 0 Å². The smallest absolute Gasteiger partial charge is 0.129 e. The monoisotopic (exact) mass is 338 g/mol. The number of phenolic OH excluding ortho intramolecular Hbond substituents is 1. The molecule has 0 bridgehead atoms. The Bertz CT molecular complexity index is 480. The molecule has 2 atom stereocenters. The Labute approximate surface area is 129 Å². The van der Waals surface area contributed by atoms with Crippen molar-refractivity contribution in [2.45, 2.75) is 44.8 Å². The average Bonchev–Trinajstić information content (AvgIpc) is 2.44. The molecule has 0 saturated carbocycles. The van der Waals surface area contributed by atoms with Crippen LogP contribution in [0.5, 0.6) is 5.75 Å². The molecular weight excluding hydrogens is 316 g/mol. The third-order valence-corrected chi connectivity index (χ3v) is 5.35. The summed E-state index contributed by atoms with van der Waals surface area (Å²) >= 11 is 3.40. The minimum absolute atomic E-state index is 0.318. The predicted octanol–water partition coefficient (Wildman–Crippen LogP) is 3.21.